The number of hydrogen-bond acceptors (Lipinski definition) is 4. The molecule has 4 rings (SSSR count). The topological polar surface area (TPSA) is 87.7 Å². The van der Waals surface area contributed by atoms with Gasteiger partial charge >= 0.3 is 5.97 Å². The number of halogens is 1. The van der Waals surface area contributed by atoms with Gasteiger partial charge in [-0.25, -0.2) is 13.3 Å². The average molecular weight is 547 g/mol. The lowest BCUT2D eigenvalue weighted by atomic mass is 10.0. The van der Waals surface area contributed by atoms with Gasteiger partial charge in [0.2, 0.25) is 0 Å². The van der Waals surface area contributed by atoms with Gasteiger partial charge in [0.1, 0.15) is 35.2 Å². The Balaban J connectivity index is 1.35. The maximum Gasteiger partial charge on any atom is 0.321 e. The average Bonchev–Trinajstić information content (AvgIpc) is 2.91. The van der Waals surface area contributed by atoms with E-state index < -0.39 is 28.8 Å². The van der Waals surface area contributed by atoms with Crippen LogP contribution in [-0.4, -0.2) is 21.3 Å². The zero-order valence-electron chi connectivity index (χ0n) is 22.0. The van der Waals surface area contributed by atoms with E-state index in [0.717, 1.165) is 28.3 Å². The van der Waals surface area contributed by atoms with Crippen LogP contribution in [-0.2, 0) is 22.4 Å². The molecule has 0 aliphatic rings. The Kier molecular flexibility index (Phi) is 9.11. The minimum Gasteiger partial charge on any atom is -0.489 e. The molecule has 3 N–H and O–H groups in total. The molecule has 0 aliphatic carbocycles. The molecule has 0 fully saturated rings. The Morgan fingerprint density at radius 1 is 0.923 bits per heavy atom. The molecule has 0 amide bonds. The van der Waals surface area contributed by atoms with Crippen molar-refractivity contribution in [2.24, 2.45) is 5.92 Å². The number of nitrogens with one attached hydrogen (secondary N) is 2. The maximum atomic E-state index is 14.8. The van der Waals surface area contributed by atoms with Crippen molar-refractivity contribution in [2.75, 3.05) is 5.32 Å². The fraction of sp³-hybridized carbons (Fsp3) is 0.194. The maximum absolute atomic E-state index is 14.8. The summed E-state index contributed by atoms with van der Waals surface area (Å²) in [4.78, 5) is 11.3. The third kappa shape index (κ3) is 7.52. The van der Waals surface area contributed by atoms with Crippen LogP contribution in [0.5, 0.6) is 5.75 Å². The number of aryl methyl sites for hydroxylation is 1. The van der Waals surface area contributed by atoms with Crippen LogP contribution in [0.4, 0.5) is 15.8 Å². The molecule has 0 saturated heterocycles. The van der Waals surface area contributed by atoms with Gasteiger partial charge < -0.3 is 15.2 Å². The highest BCUT2D eigenvalue weighted by molar-refractivity contribution is 7.83. The number of anilines is 2. The molecule has 0 heterocycles. The number of carboxylic acid groups (broad SMARTS) is 1. The van der Waals surface area contributed by atoms with Crippen molar-refractivity contribution in [1.29, 1.82) is 0 Å². The SMILES string of the molecule is Cc1cccc(Nc2ccc(OCc3ccc(-c4ccc(S(=O)NC(C(=O)O)C(C)C)c(F)c4)cc3)cc2)c1. The number of rotatable bonds is 11. The van der Waals surface area contributed by atoms with E-state index in [1.807, 2.05) is 60.7 Å². The van der Waals surface area contributed by atoms with E-state index in [-0.39, 0.29) is 10.8 Å². The minimum atomic E-state index is -1.99. The predicted octanol–water partition coefficient (Wildman–Crippen LogP) is 6.85. The smallest absolute Gasteiger partial charge is 0.321 e. The fourth-order valence-electron chi connectivity index (χ4n) is 3.97. The molecule has 2 atom stereocenters. The second-order valence-corrected chi connectivity index (χ2v) is 10.8. The van der Waals surface area contributed by atoms with Crippen LogP contribution < -0.4 is 14.8 Å². The van der Waals surface area contributed by atoms with Crippen molar-refractivity contribution in [2.45, 2.75) is 38.3 Å². The molecule has 0 bridgehead atoms. The molecule has 6 nitrogen and oxygen atoms in total. The van der Waals surface area contributed by atoms with Gasteiger partial charge in [-0.15, -0.1) is 0 Å². The van der Waals surface area contributed by atoms with Gasteiger partial charge in [0.05, 0.1) is 4.90 Å². The zero-order valence-corrected chi connectivity index (χ0v) is 22.8. The summed E-state index contributed by atoms with van der Waals surface area (Å²) < 4.78 is 35.8. The number of carboxylic acids is 1. The van der Waals surface area contributed by atoms with E-state index in [9.17, 15) is 18.5 Å². The van der Waals surface area contributed by atoms with Crippen LogP contribution in [0.1, 0.15) is 25.0 Å². The highest BCUT2D eigenvalue weighted by Gasteiger charge is 2.25. The summed E-state index contributed by atoms with van der Waals surface area (Å²) in [5, 5.41) is 12.7. The third-order valence-corrected chi connectivity index (χ3v) is 7.35. The summed E-state index contributed by atoms with van der Waals surface area (Å²) in [5.74, 6) is -1.36. The van der Waals surface area contributed by atoms with E-state index in [4.69, 9.17) is 4.74 Å². The van der Waals surface area contributed by atoms with Crippen LogP contribution in [0.3, 0.4) is 0 Å². The Bertz CT molecular complexity index is 1460. The molecule has 2 unspecified atom stereocenters. The van der Waals surface area contributed by atoms with Crippen molar-refractivity contribution in [3.8, 4) is 16.9 Å². The molecule has 0 spiro atoms. The van der Waals surface area contributed by atoms with Crippen LogP contribution in [0, 0.1) is 18.7 Å². The summed E-state index contributed by atoms with van der Waals surface area (Å²) in [6.45, 7) is 5.82. The fourth-order valence-corrected chi connectivity index (χ4v) is 5.12. The van der Waals surface area contributed by atoms with Crippen molar-refractivity contribution in [3.63, 3.8) is 0 Å². The molecular weight excluding hydrogens is 515 g/mol. The number of benzene rings is 4. The van der Waals surface area contributed by atoms with Gasteiger partial charge in [0.15, 0.2) is 0 Å². The van der Waals surface area contributed by atoms with Crippen LogP contribution >= 0.6 is 0 Å². The Labute approximate surface area is 230 Å². The molecule has 202 valence electrons. The summed E-state index contributed by atoms with van der Waals surface area (Å²) >= 11 is 0. The number of carbonyl (C=O) groups is 1. The quantitative estimate of drug-likeness (QED) is 0.192. The molecule has 0 radical (unpaired) electrons. The van der Waals surface area contributed by atoms with Crippen molar-refractivity contribution in [3.05, 3.63) is 108 Å². The molecule has 4 aromatic carbocycles. The van der Waals surface area contributed by atoms with Crippen molar-refractivity contribution in [1.82, 2.24) is 4.72 Å². The predicted molar refractivity (Wildman–Crippen MR) is 153 cm³/mol. The molecule has 0 aromatic heterocycles. The van der Waals surface area contributed by atoms with Gasteiger partial charge in [0, 0.05) is 11.4 Å². The second-order valence-electron chi connectivity index (χ2n) is 9.60. The summed E-state index contributed by atoms with van der Waals surface area (Å²) in [5.41, 5.74) is 5.56. The first-order chi connectivity index (χ1) is 18.7. The monoisotopic (exact) mass is 546 g/mol. The number of hydrogen-bond donors (Lipinski definition) is 3. The van der Waals surface area contributed by atoms with E-state index in [0.29, 0.717) is 12.2 Å². The standard InChI is InChI=1S/C31H31FN2O4S/c1-20(2)30(31(35)36)34-39(37)29-16-11-24(18-28(29)32)23-9-7-22(8-10-23)19-38-27-14-12-25(13-15-27)33-26-6-4-5-21(3)17-26/h4-18,20,30,33-34H,19H2,1-3H3,(H,35,36). The van der Waals surface area contributed by atoms with Crippen LogP contribution in [0.2, 0.25) is 0 Å². The van der Waals surface area contributed by atoms with Crippen LogP contribution in [0.25, 0.3) is 11.1 Å². The Hall–Kier alpha value is -4.01. The minimum absolute atomic E-state index is 0.0872. The normalized spacial score (nSPS) is 12.6. The molecule has 0 saturated carbocycles. The Morgan fingerprint density at radius 2 is 1.62 bits per heavy atom. The first-order valence-electron chi connectivity index (χ1n) is 12.6. The van der Waals surface area contributed by atoms with Gasteiger partial charge in [-0.2, -0.15) is 0 Å². The molecular formula is C31H31FN2O4S. The Morgan fingerprint density at radius 3 is 2.23 bits per heavy atom. The lowest BCUT2D eigenvalue weighted by Crippen LogP contribution is -2.41. The molecule has 4 aromatic rings. The first-order valence-corrected chi connectivity index (χ1v) is 13.7. The summed E-state index contributed by atoms with van der Waals surface area (Å²) in [6.07, 6.45) is 0. The zero-order chi connectivity index (χ0) is 27.9. The second kappa shape index (κ2) is 12.7. The molecule has 0 aliphatic heterocycles. The lowest BCUT2D eigenvalue weighted by Gasteiger charge is -2.17. The highest BCUT2D eigenvalue weighted by Crippen LogP contribution is 2.25. The number of aliphatic carboxylic acids is 1. The highest BCUT2D eigenvalue weighted by atomic mass is 32.2. The van der Waals surface area contributed by atoms with Gasteiger partial charge in [-0.05, 0) is 83.6 Å². The van der Waals surface area contributed by atoms with E-state index in [2.05, 4.69) is 29.1 Å². The largest absolute Gasteiger partial charge is 0.489 e. The van der Waals surface area contributed by atoms with Gasteiger partial charge in [0.25, 0.3) is 0 Å². The van der Waals surface area contributed by atoms with Crippen molar-refractivity contribution < 1.29 is 23.2 Å². The van der Waals surface area contributed by atoms with Crippen LogP contribution in [0.15, 0.2) is 95.9 Å². The summed E-state index contributed by atoms with van der Waals surface area (Å²) in [6, 6.07) is 26.8. The van der Waals surface area contributed by atoms with E-state index in [1.54, 1.807) is 19.9 Å². The lowest BCUT2D eigenvalue weighted by molar-refractivity contribution is -0.140. The summed E-state index contributed by atoms with van der Waals surface area (Å²) in [7, 11) is -1.99. The van der Waals surface area contributed by atoms with Gasteiger partial charge in [-0.1, -0.05) is 56.3 Å². The van der Waals surface area contributed by atoms with E-state index in [1.165, 1.54) is 17.7 Å². The van der Waals surface area contributed by atoms with Crippen molar-refractivity contribution >= 4 is 28.3 Å². The molecule has 39 heavy (non-hydrogen) atoms. The van der Waals surface area contributed by atoms with E-state index >= 15 is 0 Å². The molecule has 8 heteroatoms. The third-order valence-electron chi connectivity index (χ3n) is 6.15. The number of ether oxygens (including phenoxy) is 1. The first kappa shape index (κ1) is 28.0. The van der Waals surface area contributed by atoms with Gasteiger partial charge in [-0.3, -0.25) is 4.79 Å².